The van der Waals surface area contributed by atoms with Gasteiger partial charge in [-0.3, -0.25) is 19.3 Å². The molecule has 3 amide bonds. The molecule has 1 aliphatic rings. The molecule has 9 heteroatoms. The van der Waals surface area contributed by atoms with Crippen LogP contribution in [-0.2, 0) is 9.59 Å². The molecule has 1 aliphatic heterocycles. The van der Waals surface area contributed by atoms with E-state index < -0.39 is 29.4 Å². The Morgan fingerprint density at radius 3 is 2.67 bits per heavy atom. The highest BCUT2D eigenvalue weighted by atomic mass is 32.2. The maximum Gasteiger partial charge on any atom is 0.294 e. The van der Waals surface area contributed by atoms with Crippen molar-refractivity contribution in [3.05, 3.63) is 58.8 Å². The molecule has 2 aromatic rings. The Hall–Kier alpha value is -3.33. The molecule has 7 nitrogen and oxygen atoms in total. The summed E-state index contributed by atoms with van der Waals surface area (Å²) in [6, 6.07) is 10.8. The van der Waals surface area contributed by atoms with Gasteiger partial charge in [-0.15, -0.1) is 0 Å². The van der Waals surface area contributed by atoms with Crippen LogP contribution in [0.25, 0.3) is 6.08 Å². The number of methoxy groups -OCH3 is 1. The first-order chi connectivity index (χ1) is 14.4. The van der Waals surface area contributed by atoms with Gasteiger partial charge in [0.05, 0.1) is 24.3 Å². The average molecular weight is 430 g/mol. The number of anilines is 1. The van der Waals surface area contributed by atoms with Crippen LogP contribution in [0, 0.1) is 5.82 Å². The summed E-state index contributed by atoms with van der Waals surface area (Å²) in [6.07, 6.45) is 1.54. The van der Waals surface area contributed by atoms with Crippen LogP contribution in [0.2, 0.25) is 0 Å². The molecule has 0 unspecified atom stereocenters. The third-order valence-corrected chi connectivity index (χ3v) is 5.02. The maximum atomic E-state index is 13.7. The van der Waals surface area contributed by atoms with Gasteiger partial charge in [-0.05, 0) is 54.6 Å². The number of benzene rings is 2. The minimum absolute atomic E-state index is 0.0218. The van der Waals surface area contributed by atoms with Gasteiger partial charge in [0.25, 0.3) is 11.1 Å². The number of hydrogen-bond donors (Lipinski definition) is 1. The van der Waals surface area contributed by atoms with E-state index in [2.05, 4.69) is 5.32 Å². The quantitative estimate of drug-likeness (QED) is 0.671. The summed E-state index contributed by atoms with van der Waals surface area (Å²) >= 11 is 0.728. The van der Waals surface area contributed by atoms with Crippen LogP contribution in [0.5, 0.6) is 11.5 Å². The molecule has 0 atom stereocenters. The largest absolute Gasteiger partial charge is 0.493 e. The molecule has 0 aromatic heterocycles. The summed E-state index contributed by atoms with van der Waals surface area (Å²) in [5.74, 6) is -0.818. The summed E-state index contributed by atoms with van der Waals surface area (Å²) in [5, 5.41) is 1.78. The SMILES string of the molecule is CCOc1ccc(/C=C2\SC(=O)N(CC(=O)Nc3ccccc3F)C2=O)cc1OC. The lowest BCUT2D eigenvalue weighted by Crippen LogP contribution is -2.36. The van der Waals surface area contributed by atoms with Crippen LogP contribution in [0.1, 0.15) is 12.5 Å². The highest BCUT2D eigenvalue weighted by Crippen LogP contribution is 2.34. The number of imide groups is 1. The van der Waals surface area contributed by atoms with Gasteiger partial charge in [0.2, 0.25) is 5.91 Å². The first-order valence-corrected chi connectivity index (χ1v) is 9.85. The molecule has 0 radical (unpaired) electrons. The molecule has 0 bridgehead atoms. The number of carbonyl (C=O) groups excluding carboxylic acids is 3. The molecule has 156 valence electrons. The van der Waals surface area contributed by atoms with Crippen LogP contribution in [0.15, 0.2) is 47.4 Å². The van der Waals surface area contributed by atoms with Crippen molar-refractivity contribution in [2.24, 2.45) is 0 Å². The van der Waals surface area contributed by atoms with E-state index in [0.717, 1.165) is 16.7 Å². The van der Waals surface area contributed by atoms with Crippen molar-refractivity contribution in [2.45, 2.75) is 6.92 Å². The zero-order chi connectivity index (χ0) is 21.7. The van der Waals surface area contributed by atoms with Crippen LogP contribution in [0.4, 0.5) is 14.9 Å². The molecule has 1 N–H and O–H groups in total. The number of para-hydroxylation sites is 1. The van der Waals surface area contributed by atoms with Gasteiger partial charge in [0.1, 0.15) is 12.4 Å². The van der Waals surface area contributed by atoms with E-state index in [1.807, 2.05) is 6.92 Å². The van der Waals surface area contributed by atoms with Crippen molar-refractivity contribution in [3.8, 4) is 11.5 Å². The van der Waals surface area contributed by atoms with Crippen molar-refractivity contribution in [2.75, 3.05) is 25.6 Å². The minimum Gasteiger partial charge on any atom is -0.493 e. The van der Waals surface area contributed by atoms with E-state index in [0.29, 0.717) is 23.7 Å². The van der Waals surface area contributed by atoms with Crippen LogP contribution >= 0.6 is 11.8 Å². The second-order valence-electron chi connectivity index (χ2n) is 6.14. The van der Waals surface area contributed by atoms with Crippen molar-refractivity contribution in [3.63, 3.8) is 0 Å². The zero-order valence-corrected chi connectivity index (χ0v) is 17.1. The van der Waals surface area contributed by atoms with Crippen molar-refractivity contribution in [1.29, 1.82) is 0 Å². The fraction of sp³-hybridized carbons (Fsp3) is 0.190. The summed E-state index contributed by atoms with van der Waals surface area (Å²) in [7, 11) is 1.50. The Morgan fingerprint density at radius 1 is 1.20 bits per heavy atom. The number of thioether (sulfide) groups is 1. The summed E-state index contributed by atoms with van der Waals surface area (Å²) in [4.78, 5) is 38.0. The fourth-order valence-electron chi connectivity index (χ4n) is 2.73. The maximum absolute atomic E-state index is 13.7. The first-order valence-electron chi connectivity index (χ1n) is 9.03. The highest BCUT2D eigenvalue weighted by Gasteiger charge is 2.36. The number of ether oxygens (including phenoxy) is 2. The molecular weight excluding hydrogens is 411 g/mol. The lowest BCUT2D eigenvalue weighted by Gasteiger charge is -2.12. The van der Waals surface area contributed by atoms with Gasteiger partial charge >= 0.3 is 0 Å². The van der Waals surface area contributed by atoms with Crippen molar-refractivity contribution >= 4 is 40.6 Å². The van der Waals surface area contributed by atoms with E-state index in [1.54, 1.807) is 24.3 Å². The predicted molar refractivity (Wildman–Crippen MR) is 112 cm³/mol. The van der Waals surface area contributed by atoms with Gasteiger partial charge in [-0.1, -0.05) is 18.2 Å². The molecule has 2 aromatic carbocycles. The number of amides is 3. The topological polar surface area (TPSA) is 84.9 Å². The number of nitrogens with one attached hydrogen (secondary N) is 1. The Morgan fingerprint density at radius 2 is 1.97 bits per heavy atom. The van der Waals surface area contributed by atoms with Crippen LogP contribution in [-0.4, -0.2) is 42.2 Å². The number of nitrogens with zero attached hydrogens (tertiary/aromatic N) is 1. The number of hydrogen-bond acceptors (Lipinski definition) is 6. The van der Waals surface area contributed by atoms with Crippen LogP contribution in [0.3, 0.4) is 0 Å². The molecule has 1 saturated heterocycles. The van der Waals surface area contributed by atoms with E-state index in [4.69, 9.17) is 9.47 Å². The smallest absolute Gasteiger partial charge is 0.294 e. The monoisotopic (exact) mass is 430 g/mol. The lowest BCUT2D eigenvalue weighted by atomic mass is 10.2. The minimum atomic E-state index is -0.675. The van der Waals surface area contributed by atoms with Gasteiger partial charge in [-0.2, -0.15) is 0 Å². The Bertz CT molecular complexity index is 1020. The fourth-order valence-corrected chi connectivity index (χ4v) is 3.57. The molecule has 0 aliphatic carbocycles. The molecule has 1 heterocycles. The van der Waals surface area contributed by atoms with Crippen molar-refractivity contribution in [1.82, 2.24) is 4.90 Å². The van der Waals surface area contributed by atoms with E-state index in [9.17, 15) is 18.8 Å². The third kappa shape index (κ3) is 4.80. The third-order valence-electron chi connectivity index (χ3n) is 4.11. The second kappa shape index (κ2) is 9.45. The molecule has 30 heavy (non-hydrogen) atoms. The van der Waals surface area contributed by atoms with Crippen LogP contribution < -0.4 is 14.8 Å². The standard InChI is InChI=1S/C21H19FN2O5S/c1-3-29-16-9-8-13(10-17(16)28-2)11-18-20(26)24(21(27)30-18)12-19(25)23-15-7-5-4-6-14(15)22/h4-11H,3,12H2,1-2H3,(H,23,25)/b18-11-. The Balaban J connectivity index is 1.73. The van der Waals surface area contributed by atoms with Gasteiger partial charge in [0.15, 0.2) is 11.5 Å². The number of halogens is 1. The molecule has 0 saturated carbocycles. The van der Waals surface area contributed by atoms with Gasteiger partial charge < -0.3 is 14.8 Å². The first kappa shape index (κ1) is 21.4. The van der Waals surface area contributed by atoms with Gasteiger partial charge in [0, 0.05) is 0 Å². The molecule has 1 fully saturated rings. The molecule has 0 spiro atoms. The predicted octanol–water partition coefficient (Wildman–Crippen LogP) is 3.91. The van der Waals surface area contributed by atoms with Crippen molar-refractivity contribution < 1.29 is 28.2 Å². The highest BCUT2D eigenvalue weighted by molar-refractivity contribution is 8.18. The second-order valence-corrected chi connectivity index (χ2v) is 7.13. The molecular formula is C21H19FN2O5S. The molecule has 3 rings (SSSR count). The number of rotatable bonds is 7. The summed E-state index contributed by atoms with van der Waals surface area (Å²) < 4.78 is 24.4. The normalized spacial score (nSPS) is 14.9. The lowest BCUT2D eigenvalue weighted by molar-refractivity contribution is -0.127. The Labute approximate surface area is 176 Å². The average Bonchev–Trinajstić information content (AvgIpc) is 2.98. The van der Waals surface area contributed by atoms with E-state index in [1.165, 1.54) is 31.4 Å². The van der Waals surface area contributed by atoms with Gasteiger partial charge in [-0.25, -0.2) is 4.39 Å². The Kier molecular flexibility index (Phi) is 6.73. The number of carbonyl (C=O) groups is 3. The van der Waals surface area contributed by atoms with E-state index >= 15 is 0 Å². The van der Waals surface area contributed by atoms with E-state index in [-0.39, 0.29) is 10.6 Å². The zero-order valence-electron chi connectivity index (χ0n) is 16.3. The summed E-state index contributed by atoms with van der Waals surface area (Å²) in [6.45, 7) is 1.82. The summed E-state index contributed by atoms with van der Waals surface area (Å²) in [5.41, 5.74) is 0.614.